The van der Waals surface area contributed by atoms with Crippen LogP contribution in [0, 0.1) is 0 Å². The Hall–Kier alpha value is -2.62. The average molecular weight is 350 g/mol. The third-order valence-electron chi connectivity index (χ3n) is 5.01. The highest BCUT2D eigenvalue weighted by Gasteiger charge is 2.21. The number of nitrogens with one attached hydrogen (secondary N) is 1. The average Bonchev–Trinajstić information content (AvgIpc) is 3.11. The molecule has 1 N–H and O–H groups in total. The normalized spacial score (nSPS) is 13.9. The van der Waals surface area contributed by atoms with E-state index in [1.807, 2.05) is 12.1 Å². The Morgan fingerprint density at radius 3 is 2.42 bits per heavy atom. The molecule has 0 spiro atoms. The molecule has 0 atom stereocenters. The van der Waals surface area contributed by atoms with Crippen LogP contribution in [0.15, 0.2) is 42.5 Å². The number of nitrogens with zero attached hydrogens (tertiary/aromatic N) is 1. The van der Waals surface area contributed by atoms with E-state index in [1.54, 1.807) is 17.0 Å². The molecule has 26 heavy (non-hydrogen) atoms. The number of aryl methyl sites for hydroxylation is 2. The first kappa shape index (κ1) is 18.2. The van der Waals surface area contributed by atoms with Gasteiger partial charge in [0.05, 0.1) is 0 Å². The van der Waals surface area contributed by atoms with Crippen LogP contribution in [-0.2, 0) is 24.2 Å². The molecule has 1 aliphatic heterocycles. The minimum atomic E-state index is -0.0896. The molecule has 0 radical (unpaired) electrons. The Bertz CT molecular complexity index is 796. The predicted octanol–water partition coefficient (Wildman–Crippen LogP) is 3.87. The van der Waals surface area contributed by atoms with Gasteiger partial charge in [-0.2, -0.15) is 0 Å². The number of benzene rings is 2. The molecule has 1 fully saturated rings. The SMILES string of the molecule is CCc1ccc(CC)c(CNC(=O)c2ccc(N3CCCC3=O)cc2)c1. The second-order valence-corrected chi connectivity index (χ2v) is 6.69. The third-order valence-corrected chi connectivity index (χ3v) is 5.01. The number of hydrogen-bond acceptors (Lipinski definition) is 2. The summed E-state index contributed by atoms with van der Waals surface area (Å²) in [6, 6.07) is 13.8. The number of anilines is 1. The summed E-state index contributed by atoms with van der Waals surface area (Å²) in [4.78, 5) is 26.1. The quantitative estimate of drug-likeness (QED) is 0.860. The number of hydrogen-bond donors (Lipinski definition) is 1. The fourth-order valence-corrected chi connectivity index (χ4v) is 3.40. The van der Waals surface area contributed by atoms with Gasteiger partial charge in [-0.25, -0.2) is 0 Å². The monoisotopic (exact) mass is 350 g/mol. The minimum Gasteiger partial charge on any atom is -0.348 e. The van der Waals surface area contributed by atoms with E-state index in [2.05, 4.69) is 37.4 Å². The molecular weight excluding hydrogens is 324 g/mol. The van der Waals surface area contributed by atoms with Gasteiger partial charge in [0.25, 0.3) is 5.91 Å². The molecule has 3 rings (SSSR count). The van der Waals surface area contributed by atoms with Crippen LogP contribution in [0.1, 0.15) is 53.7 Å². The number of carbonyl (C=O) groups excluding carboxylic acids is 2. The van der Waals surface area contributed by atoms with Crippen LogP contribution in [0.5, 0.6) is 0 Å². The van der Waals surface area contributed by atoms with Gasteiger partial charge in [0, 0.05) is 30.8 Å². The van der Waals surface area contributed by atoms with Gasteiger partial charge in [0.15, 0.2) is 0 Å². The third kappa shape index (κ3) is 3.96. The van der Waals surface area contributed by atoms with E-state index in [0.717, 1.165) is 31.5 Å². The van der Waals surface area contributed by atoms with Crippen molar-refractivity contribution in [2.45, 2.75) is 46.1 Å². The molecule has 136 valence electrons. The largest absolute Gasteiger partial charge is 0.348 e. The Kier molecular flexibility index (Phi) is 5.71. The molecule has 1 aliphatic rings. The van der Waals surface area contributed by atoms with Gasteiger partial charge >= 0.3 is 0 Å². The first-order chi connectivity index (χ1) is 12.6. The highest BCUT2D eigenvalue weighted by molar-refractivity contribution is 5.97. The van der Waals surface area contributed by atoms with E-state index in [0.29, 0.717) is 18.5 Å². The highest BCUT2D eigenvalue weighted by Crippen LogP contribution is 2.21. The summed E-state index contributed by atoms with van der Waals surface area (Å²) >= 11 is 0. The van der Waals surface area contributed by atoms with Gasteiger partial charge in [0.2, 0.25) is 5.91 Å². The van der Waals surface area contributed by atoms with Crippen molar-refractivity contribution in [3.63, 3.8) is 0 Å². The van der Waals surface area contributed by atoms with Gasteiger partial charge < -0.3 is 10.2 Å². The summed E-state index contributed by atoms with van der Waals surface area (Å²) in [6.07, 6.45) is 3.45. The Morgan fingerprint density at radius 1 is 1.04 bits per heavy atom. The lowest BCUT2D eigenvalue weighted by Crippen LogP contribution is -2.25. The Morgan fingerprint density at radius 2 is 1.81 bits per heavy atom. The van der Waals surface area contributed by atoms with Crippen molar-refractivity contribution in [3.05, 3.63) is 64.7 Å². The standard InChI is InChI=1S/C22H26N2O2/c1-3-16-7-8-17(4-2)19(14-16)15-23-22(26)18-9-11-20(12-10-18)24-13-5-6-21(24)25/h7-12,14H,3-6,13,15H2,1-2H3,(H,23,26). The zero-order valence-corrected chi connectivity index (χ0v) is 15.5. The molecule has 1 saturated heterocycles. The van der Waals surface area contributed by atoms with Crippen molar-refractivity contribution in [2.24, 2.45) is 0 Å². The lowest BCUT2D eigenvalue weighted by atomic mass is 10.0. The fraction of sp³-hybridized carbons (Fsp3) is 0.364. The summed E-state index contributed by atoms with van der Waals surface area (Å²) in [5.74, 6) is 0.0679. The zero-order chi connectivity index (χ0) is 18.5. The van der Waals surface area contributed by atoms with E-state index >= 15 is 0 Å². The Balaban J connectivity index is 1.66. The van der Waals surface area contributed by atoms with Crippen LogP contribution < -0.4 is 10.2 Å². The van der Waals surface area contributed by atoms with Crippen LogP contribution in [0.25, 0.3) is 0 Å². The maximum absolute atomic E-state index is 12.5. The highest BCUT2D eigenvalue weighted by atomic mass is 16.2. The van der Waals surface area contributed by atoms with E-state index in [-0.39, 0.29) is 11.8 Å². The van der Waals surface area contributed by atoms with Gasteiger partial charge in [0.1, 0.15) is 0 Å². The van der Waals surface area contributed by atoms with E-state index < -0.39 is 0 Å². The van der Waals surface area contributed by atoms with Crippen LogP contribution in [-0.4, -0.2) is 18.4 Å². The molecule has 0 aliphatic carbocycles. The lowest BCUT2D eigenvalue weighted by Gasteiger charge is -2.16. The number of amides is 2. The van der Waals surface area contributed by atoms with Crippen molar-refractivity contribution in [1.29, 1.82) is 0 Å². The fourth-order valence-electron chi connectivity index (χ4n) is 3.40. The van der Waals surface area contributed by atoms with Crippen molar-refractivity contribution in [3.8, 4) is 0 Å². The van der Waals surface area contributed by atoms with Crippen LogP contribution in [0.4, 0.5) is 5.69 Å². The van der Waals surface area contributed by atoms with Crippen molar-refractivity contribution in [1.82, 2.24) is 5.32 Å². The molecule has 0 saturated carbocycles. The summed E-state index contributed by atoms with van der Waals surface area (Å²) in [7, 11) is 0. The van der Waals surface area contributed by atoms with E-state index in [9.17, 15) is 9.59 Å². The molecule has 1 heterocycles. The van der Waals surface area contributed by atoms with Gasteiger partial charge in [-0.1, -0.05) is 32.0 Å². The Labute approximate surface area is 155 Å². The van der Waals surface area contributed by atoms with Crippen LogP contribution in [0.2, 0.25) is 0 Å². The molecule has 0 aromatic heterocycles. The van der Waals surface area contributed by atoms with Crippen molar-refractivity contribution < 1.29 is 9.59 Å². The van der Waals surface area contributed by atoms with Crippen LogP contribution >= 0.6 is 0 Å². The molecule has 4 heteroatoms. The molecule has 2 amide bonds. The topological polar surface area (TPSA) is 49.4 Å². The summed E-state index contributed by atoms with van der Waals surface area (Å²) in [5.41, 5.74) is 5.22. The predicted molar refractivity (Wildman–Crippen MR) is 104 cm³/mol. The van der Waals surface area contributed by atoms with E-state index in [4.69, 9.17) is 0 Å². The molecule has 4 nitrogen and oxygen atoms in total. The number of carbonyl (C=O) groups is 2. The molecule has 2 aromatic rings. The van der Waals surface area contributed by atoms with Gasteiger partial charge in [-0.3, -0.25) is 9.59 Å². The second-order valence-electron chi connectivity index (χ2n) is 6.69. The number of rotatable bonds is 6. The maximum Gasteiger partial charge on any atom is 0.251 e. The molecular formula is C22H26N2O2. The smallest absolute Gasteiger partial charge is 0.251 e. The van der Waals surface area contributed by atoms with Crippen molar-refractivity contribution in [2.75, 3.05) is 11.4 Å². The van der Waals surface area contributed by atoms with Gasteiger partial charge in [-0.15, -0.1) is 0 Å². The summed E-state index contributed by atoms with van der Waals surface area (Å²) in [6.45, 7) is 5.56. The summed E-state index contributed by atoms with van der Waals surface area (Å²) < 4.78 is 0. The maximum atomic E-state index is 12.5. The minimum absolute atomic E-state index is 0.0896. The van der Waals surface area contributed by atoms with Crippen molar-refractivity contribution >= 4 is 17.5 Å². The zero-order valence-electron chi connectivity index (χ0n) is 15.5. The molecule has 0 unspecified atom stereocenters. The summed E-state index contributed by atoms with van der Waals surface area (Å²) in [5, 5.41) is 3.02. The second kappa shape index (κ2) is 8.17. The molecule has 0 bridgehead atoms. The molecule has 2 aromatic carbocycles. The van der Waals surface area contributed by atoms with Gasteiger partial charge in [-0.05, 0) is 60.2 Å². The first-order valence-corrected chi connectivity index (χ1v) is 9.41. The lowest BCUT2D eigenvalue weighted by molar-refractivity contribution is -0.117. The van der Waals surface area contributed by atoms with Crippen LogP contribution in [0.3, 0.4) is 0 Å². The van der Waals surface area contributed by atoms with E-state index in [1.165, 1.54) is 16.7 Å². The first-order valence-electron chi connectivity index (χ1n) is 9.41.